The molecule has 0 amide bonds. The lowest BCUT2D eigenvalue weighted by atomic mass is 10.0. The summed E-state index contributed by atoms with van der Waals surface area (Å²) < 4.78 is 1.13. The third kappa shape index (κ3) is 4.13. The van der Waals surface area contributed by atoms with Gasteiger partial charge in [-0.1, -0.05) is 35.0 Å². The van der Waals surface area contributed by atoms with Crippen molar-refractivity contribution in [3.05, 3.63) is 50.4 Å². The molecule has 1 unspecified atom stereocenters. The van der Waals surface area contributed by atoms with E-state index in [9.17, 15) is 0 Å². The van der Waals surface area contributed by atoms with Crippen LogP contribution in [-0.2, 0) is 6.42 Å². The van der Waals surface area contributed by atoms with Crippen LogP contribution in [0.15, 0.2) is 34.2 Å². The van der Waals surface area contributed by atoms with E-state index in [-0.39, 0.29) is 0 Å². The number of nitrogens with one attached hydrogen (secondary N) is 1. The molecule has 19 heavy (non-hydrogen) atoms. The molecule has 4 heteroatoms. The van der Waals surface area contributed by atoms with E-state index in [1.165, 1.54) is 10.4 Å². The molecular formula is C15H19BrN2S. The largest absolute Gasteiger partial charge is 0.309 e. The summed E-state index contributed by atoms with van der Waals surface area (Å²) in [5.41, 5.74) is 4.44. The van der Waals surface area contributed by atoms with Crippen LogP contribution < -0.4 is 5.32 Å². The monoisotopic (exact) mass is 338 g/mol. The van der Waals surface area contributed by atoms with Gasteiger partial charge in [0.1, 0.15) is 0 Å². The van der Waals surface area contributed by atoms with Gasteiger partial charge in [-0.05, 0) is 44.0 Å². The van der Waals surface area contributed by atoms with Gasteiger partial charge in [0.25, 0.3) is 0 Å². The number of benzene rings is 1. The summed E-state index contributed by atoms with van der Waals surface area (Å²) in [6.07, 6.45) is 2.16. The van der Waals surface area contributed by atoms with Crippen LogP contribution in [0.5, 0.6) is 0 Å². The first-order chi connectivity index (χ1) is 9.20. The van der Waals surface area contributed by atoms with Gasteiger partial charge in [0.2, 0.25) is 0 Å². The molecule has 1 N–H and O–H groups in total. The first-order valence-corrected chi connectivity index (χ1v) is 8.25. The fourth-order valence-corrected chi connectivity index (χ4v) is 3.22. The maximum absolute atomic E-state index is 4.37. The molecule has 0 bridgehead atoms. The fourth-order valence-electron chi connectivity index (χ4n) is 2.08. The van der Waals surface area contributed by atoms with E-state index in [2.05, 4.69) is 64.3 Å². The summed E-state index contributed by atoms with van der Waals surface area (Å²) in [6.45, 7) is 5.33. The Balaban J connectivity index is 2.14. The number of aryl methyl sites for hydroxylation is 1. The van der Waals surface area contributed by atoms with Gasteiger partial charge in [0.15, 0.2) is 0 Å². The minimum Gasteiger partial charge on any atom is -0.309 e. The van der Waals surface area contributed by atoms with Gasteiger partial charge in [-0.2, -0.15) is 0 Å². The molecule has 2 rings (SSSR count). The van der Waals surface area contributed by atoms with Crippen molar-refractivity contribution in [3.63, 3.8) is 0 Å². The molecule has 1 aromatic carbocycles. The van der Waals surface area contributed by atoms with Gasteiger partial charge in [-0.3, -0.25) is 0 Å². The Labute approximate surface area is 127 Å². The highest BCUT2D eigenvalue weighted by Crippen LogP contribution is 2.25. The topological polar surface area (TPSA) is 24.9 Å². The Hall–Kier alpha value is -0.710. The van der Waals surface area contributed by atoms with Crippen molar-refractivity contribution in [2.24, 2.45) is 0 Å². The second kappa shape index (κ2) is 7.17. The standard InChI is InChI=1S/C15H19BrN2S/c1-3-8-17-14(15-11(2)18-10-19-15)9-12-4-6-13(16)7-5-12/h4-7,10,14,17H,3,8-9H2,1-2H3. The van der Waals surface area contributed by atoms with Crippen molar-refractivity contribution in [2.45, 2.75) is 32.7 Å². The van der Waals surface area contributed by atoms with E-state index in [4.69, 9.17) is 0 Å². The first kappa shape index (κ1) is 14.7. The van der Waals surface area contributed by atoms with Crippen LogP contribution in [0.4, 0.5) is 0 Å². The molecule has 0 spiro atoms. The number of hydrogen-bond donors (Lipinski definition) is 1. The lowest BCUT2D eigenvalue weighted by Crippen LogP contribution is -2.24. The number of halogens is 1. The van der Waals surface area contributed by atoms with Gasteiger partial charge >= 0.3 is 0 Å². The third-order valence-electron chi connectivity index (χ3n) is 3.09. The summed E-state index contributed by atoms with van der Waals surface area (Å²) in [5, 5.41) is 3.63. The molecule has 0 aliphatic heterocycles. The number of aromatic nitrogens is 1. The summed E-state index contributed by atoms with van der Waals surface area (Å²) in [6, 6.07) is 8.94. The predicted molar refractivity (Wildman–Crippen MR) is 85.7 cm³/mol. The highest BCUT2D eigenvalue weighted by molar-refractivity contribution is 9.10. The van der Waals surface area contributed by atoms with Crippen LogP contribution in [0.3, 0.4) is 0 Å². The maximum atomic E-state index is 4.37. The van der Waals surface area contributed by atoms with Gasteiger partial charge in [-0.25, -0.2) is 4.98 Å². The average Bonchev–Trinajstić information content (AvgIpc) is 2.83. The van der Waals surface area contributed by atoms with Crippen LogP contribution >= 0.6 is 27.3 Å². The molecule has 0 radical (unpaired) electrons. The van der Waals surface area contributed by atoms with E-state index in [0.29, 0.717) is 6.04 Å². The first-order valence-electron chi connectivity index (χ1n) is 6.58. The van der Waals surface area contributed by atoms with E-state index in [1.807, 2.05) is 5.51 Å². The molecular weight excluding hydrogens is 320 g/mol. The zero-order valence-electron chi connectivity index (χ0n) is 11.3. The van der Waals surface area contributed by atoms with Gasteiger partial charge < -0.3 is 5.32 Å². The molecule has 102 valence electrons. The Morgan fingerprint density at radius 2 is 2.05 bits per heavy atom. The molecule has 0 fully saturated rings. The molecule has 2 nitrogen and oxygen atoms in total. The van der Waals surface area contributed by atoms with Crippen LogP contribution in [-0.4, -0.2) is 11.5 Å². The van der Waals surface area contributed by atoms with E-state index in [0.717, 1.165) is 29.6 Å². The third-order valence-corrected chi connectivity index (χ3v) is 4.67. The average molecular weight is 339 g/mol. The van der Waals surface area contributed by atoms with Crippen LogP contribution in [0, 0.1) is 6.92 Å². The Bertz CT molecular complexity index is 507. The lowest BCUT2D eigenvalue weighted by Gasteiger charge is -2.18. The van der Waals surface area contributed by atoms with Crippen LogP contribution in [0.1, 0.15) is 35.5 Å². The van der Waals surface area contributed by atoms with Gasteiger partial charge in [0.05, 0.1) is 11.2 Å². The second-order valence-electron chi connectivity index (χ2n) is 4.64. The van der Waals surface area contributed by atoms with Gasteiger partial charge in [0, 0.05) is 15.4 Å². The summed E-state index contributed by atoms with van der Waals surface area (Å²) >= 11 is 5.23. The predicted octanol–water partition coefficient (Wildman–Crippen LogP) is 4.50. The molecule has 0 saturated heterocycles. The minimum atomic E-state index is 0.369. The zero-order valence-corrected chi connectivity index (χ0v) is 13.7. The van der Waals surface area contributed by atoms with Crippen LogP contribution in [0.25, 0.3) is 0 Å². The maximum Gasteiger partial charge on any atom is 0.0798 e. The molecule has 1 aromatic heterocycles. The Morgan fingerprint density at radius 3 is 2.63 bits per heavy atom. The van der Waals surface area contributed by atoms with Gasteiger partial charge in [-0.15, -0.1) is 11.3 Å². The summed E-state index contributed by atoms with van der Waals surface area (Å²) in [4.78, 5) is 5.73. The number of thiazole rings is 1. The smallest absolute Gasteiger partial charge is 0.0798 e. The Kier molecular flexibility index (Phi) is 5.55. The number of nitrogens with zero attached hydrogens (tertiary/aromatic N) is 1. The minimum absolute atomic E-state index is 0.369. The van der Waals surface area contributed by atoms with E-state index in [1.54, 1.807) is 11.3 Å². The SMILES string of the molecule is CCCNC(Cc1ccc(Br)cc1)c1scnc1C. The summed E-state index contributed by atoms with van der Waals surface area (Å²) in [5.74, 6) is 0. The van der Waals surface area contributed by atoms with Crippen molar-refractivity contribution < 1.29 is 0 Å². The molecule has 0 aliphatic rings. The molecule has 1 atom stereocenters. The van der Waals surface area contributed by atoms with Crippen molar-refractivity contribution in [1.82, 2.24) is 10.3 Å². The van der Waals surface area contributed by atoms with Crippen LogP contribution in [0.2, 0.25) is 0 Å². The highest BCUT2D eigenvalue weighted by Gasteiger charge is 2.15. The second-order valence-corrected chi connectivity index (χ2v) is 6.44. The quantitative estimate of drug-likeness (QED) is 0.838. The number of rotatable bonds is 6. The molecule has 1 heterocycles. The lowest BCUT2D eigenvalue weighted by molar-refractivity contribution is 0.533. The van der Waals surface area contributed by atoms with E-state index >= 15 is 0 Å². The fraction of sp³-hybridized carbons (Fsp3) is 0.400. The normalized spacial score (nSPS) is 12.6. The van der Waals surface area contributed by atoms with Crippen molar-refractivity contribution >= 4 is 27.3 Å². The number of hydrogen-bond acceptors (Lipinski definition) is 3. The van der Waals surface area contributed by atoms with Crippen molar-refractivity contribution in [1.29, 1.82) is 0 Å². The molecule has 0 aliphatic carbocycles. The van der Waals surface area contributed by atoms with Crippen molar-refractivity contribution in [3.8, 4) is 0 Å². The highest BCUT2D eigenvalue weighted by atomic mass is 79.9. The Morgan fingerprint density at radius 1 is 1.32 bits per heavy atom. The van der Waals surface area contributed by atoms with E-state index < -0.39 is 0 Å². The molecule has 2 aromatic rings. The van der Waals surface area contributed by atoms with Crippen molar-refractivity contribution in [2.75, 3.05) is 6.54 Å². The summed E-state index contributed by atoms with van der Waals surface area (Å²) in [7, 11) is 0. The molecule has 0 saturated carbocycles. The zero-order chi connectivity index (χ0) is 13.7.